The van der Waals surface area contributed by atoms with E-state index < -0.39 is 0 Å². The van der Waals surface area contributed by atoms with E-state index in [-0.39, 0.29) is 5.79 Å². The Bertz CT molecular complexity index is 637. The fraction of sp³-hybridized carbons (Fsp3) is 0.471. The van der Waals surface area contributed by atoms with Gasteiger partial charge >= 0.3 is 0 Å². The number of aromatic nitrogens is 1. The van der Waals surface area contributed by atoms with Gasteiger partial charge < -0.3 is 9.47 Å². The number of piperidine rings is 1. The normalized spacial score (nSPS) is 22.1. The highest BCUT2D eigenvalue weighted by Gasteiger charge is 2.40. The molecule has 4 nitrogen and oxygen atoms in total. The maximum Gasteiger partial charge on any atom is 0.181 e. The van der Waals surface area contributed by atoms with Gasteiger partial charge in [-0.15, -0.1) is 0 Å². The highest BCUT2D eigenvalue weighted by molar-refractivity contribution is 5.78. The third kappa shape index (κ3) is 2.67. The van der Waals surface area contributed by atoms with Crippen LogP contribution in [-0.4, -0.2) is 42.0 Å². The molecule has 1 aromatic carbocycles. The van der Waals surface area contributed by atoms with Crippen LogP contribution in [0.4, 0.5) is 0 Å². The minimum absolute atomic E-state index is 0.337. The fourth-order valence-electron chi connectivity index (χ4n) is 3.42. The Morgan fingerprint density at radius 1 is 1.19 bits per heavy atom. The molecule has 0 N–H and O–H groups in total. The summed E-state index contributed by atoms with van der Waals surface area (Å²) in [5.41, 5.74) is 2.38. The quantitative estimate of drug-likeness (QED) is 0.849. The van der Waals surface area contributed by atoms with Gasteiger partial charge in [0.25, 0.3) is 0 Å². The van der Waals surface area contributed by atoms with Crippen LogP contribution in [0.3, 0.4) is 0 Å². The second-order valence-electron chi connectivity index (χ2n) is 5.95. The molecule has 4 rings (SSSR count). The van der Waals surface area contributed by atoms with E-state index in [9.17, 15) is 0 Å². The molecule has 1 aromatic heterocycles. The van der Waals surface area contributed by atoms with Crippen LogP contribution in [0.25, 0.3) is 10.9 Å². The van der Waals surface area contributed by atoms with Gasteiger partial charge in [0.1, 0.15) is 0 Å². The molecule has 0 saturated carbocycles. The van der Waals surface area contributed by atoms with Crippen molar-refractivity contribution in [2.45, 2.75) is 25.2 Å². The molecule has 1 spiro atoms. The van der Waals surface area contributed by atoms with Gasteiger partial charge in [0.2, 0.25) is 0 Å². The first-order valence-electron chi connectivity index (χ1n) is 7.67. The van der Waals surface area contributed by atoms with Crippen LogP contribution in [0.15, 0.2) is 36.5 Å². The molecule has 0 bridgehead atoms. The fourth-order valence-corrected chi connectivity index (χ4v) is 3.42. The maximum atomic E-state index is 5.85. The lowest BCUT2D eigenvalue weighted by molar-refractivity contribution is -0.190. The van der Waals surface area contributed by atoms with Crippen molar-refractivity contribution >= 4 is 10.9 Å². The Balaban J connectivity index is 1.51. The zero-order valence-corrected chi connectivity index (χ0v) is 12.1. The first-order valence-corrected chi connectivity index (χ1v) is 7.67. The van der Waals surface area contributed by atoms with Crippen molar-refractivity contribution in [1.29, 1.82) is 0 Å². The lowest BCUT2D eigenvalue weighted by Crippen LogP contribution is -2.48. The summed E-state index contributed by atoms with van der Waals surface area (Å²) < 4.78 is 11.7. The van der Waals surface area contributed by atoms with Crippen LogP contribution >= 0.6 is 0 Å². The molecule has 3 heterocycles. The van der Waals surface area contributed by atoms with Crippen molar-refractivity contribution in [2.24, 2.45) is 0 Å². The molecular weight excluding hydrogens is 264 g/mol. The first kappa shape index (κ1) is 13.2. The zero-order valence-electron chi connectivity index (χ0n) is 12.1. The molecule has 2 aliphatic heterocycles. The Morgan fingerprint density at radius 2 is 2.10 bits per heavy atom. The van der Waals surface area contributed by atoms with Crippen molar-refractivity contribution < 1.29 is 9.47 Å². The average Bonchev–Trinajstić information content (AvgIpc) is 2.95. The lowest BCUT2D eigenvalue weighted by atomic mass is 10.0. The summed E-state index contributed by atoms with van der Waals surface area (Å²) in [6.45, 7) is 4.39. The number of likely N-dealkylation sites (tertiary alicyclic amines) is 1. The molecule has 2 saturated heterocycles. The molecule has 4 heteroatoms. The number of fused-ring (bicyclic) bond motifs is 1. The largest absolute Gasteiger partial charge is 0.346 e. The topological polar surface area (TPSA) is 34.6 Å². The van der Waals surface area contributed by atoms with E-state index in [1.54, 1.807) is 0 Å². The predicted molar refractivity (Wildman–Crippen MR) is 80.9 cm³/mol. The monoisotopic (exact) mass is 284 g/mol. The summed E-state index contributed by atoms with van der Waals surface area (Å²) in [5.74, 6) is -0.337. The third-order valence-electron chi connectivity index (χ3n) is 4.38. The SMILES string of the molecule is c1cnc2ccc(CN3CCCC4(C3)OCCO4)cc2c1. The number of hydrogen-bond donors (Lipinski definition) is 0. The van der Waals surface area contributed by atoms with Gasteiger partial charge in [-0.1, -0.05) is 12.1 Å². The van der Waals surface area contributed by atoms with Crippen molar-refractivity contribution in [1.82, 2.24) is 9.88 Å². The number of ether oxygens (including phenoxy) is 2. The Kier molecular flexibility index (Phi) is 3.37. The van der Waals surface area contributed by atoms with E-state index in [0.717, 1.165) is 51.2 Å². The molecule has 21 heavy (non-hydrogen) atoms. The van der Waals surface area contributed by atoms with Gasteiger partial charge in [0, 0.05) is 24.5 Å². The molecule has 2 aliphatic rings. The molecule has 110 valence electrons. The van der Waals surface area contributed by atoms with Crippen molar-refractivity contribution in [3.63, 3.8) is 0 Å². The van der Waals surface area contributed by atoms with E-state index in [0.29, 0.717) is 0 Å². The van der Waals surface area contributed by atoms with E-state index in [1.807, 2.05) is 12.3 Å². The molecule has 0 atom stereocenters. The van der Waals surface area contributed by atoms with E-state index in [4.69, 9.17) is 9.47 Å². The summed E-state index contributed by atoms with van der Waals surface area (Å²) in [6.07, 6.45) is 3.99. The molecular formula is C17H20N2O2. The number of hydrogen-bond acceptors (Lipinski definition) is 4. The van der Waals surface area contributed by atoms with Crippen molar-refractivity contribution in [3.05, 3.63) is 42.1 Å². The molecule has 0 aliphatic carbocycles. The summed E-state index contributed by atoms with van der Waals surface area (Å²) in [5, 5.41) is 1.20. The molecule has 0 unspecified atom stereocenters. The van der Waals surface area contributed by atoms with Crippen LogP contribution in [0.1, 0.15) is 18.4 Å². The number of nitrogens with zero attached hydrogens (tertiary/aromatic N) is 2. The molecule has 2 fully saturated rings. The standard InChI is InChI=1S/C17H20N2O2/c1-3-15-11-14(4-5-16(15)18-7-1)12-19-8-2-6-17(13-19)20-9-10-21-17/h1,3-5,7,11H,2,6,8-10,12-13H2. The van der Waals surface area contributed by atoms with Crippen LogP contribution in [0, 0.1) is 0 Å². The first-order chi connectivity index (χ1) is 10.3. The van der Waals surface area contributed by atoms with Crippen LogP contribution < -0.4 is 0 Å². The maximum absolute atomic E-state index is 5.85. The Labute approximate surface area is 124 Å². The smallest absolute Gasteiger partial charge is 0.181 e. The Morgan fingerprint density at radius 3 is 3.00 bits per heavy atom. The average molecular weight is 284 g/mol. The van der Waals surface area contributed by atoms with Gasteiger partial charge in [0.15, 0.2) is 5.79 Å². The minimum Gasteiger partial charge on any atom is -0.346 e. The van der Waals surface area contributed by atoms with E-state index in [1.165, 1.54) is 10.9 Å². The number of rotatable bonds is 2. The summed E-state index contributed by atoms with van der Waals surface area (Å²) >= 11 is 0. The van der Waals surface area contributed by atoms with Crippen LogP contribution in [0.2, 0.25) is 0 Å². The molecule has 0 amide bonds. The summed E-state index contributed by atoms with van der Waals surface area (Å²) in [4.78, 5) is 6.81. The van der Waals surface area contributed by atoms with E-state index in [2.05, 4.69) is 34.1 Å². The second kappa shape index (κ2) is 5.37. The van der Waals surface area contributed by atoms with Gasteiger partial charge in [-0.3, -0.25) is 9.88 Å². The van der Waals surface area contributed by atoms with E-state index >= 15 is 0 Å². The highest BCUT2D eigenvalue weighted by atomic mass is 16.7. The second-order valence-corrected chi connectivity index (χ2v) is 5.95. The van der Waals surface area contributed by atoms with Crippen LogP contribution in [0.5, 0.6) is 0 Å². The van der Waals surface area contributed by atoms with Gasteiger partial charge in [0.05, 0.1) is 25.3 Å². The lowest BCUT2D eigenvalue weighted by Gasteiger charge is -2.38. The summed E-state index contributed by atoms with van der Waals surface area (Å²) in [7, 11) is 0. The summed E-state index contributed by atoms with van der Waals surface area (Å²) in [6, 6.07) is 10.6. The van der Waals surface area contributed by atoms with Crippen molar-refractivity contribution in [2.75, 3.05) is 26.3 Å². The predicted octanol–water partition coefficient (Wildman–Crippen LogP) is 2.57. The molecule has 2 aromatic rings. The Hall–Kier alpha value is -1.49. The van der Waals surface area contributed by atoms with Gasteiger partial charge in [-0.05, 0) is 36.7 Å². The number of benzene rings is 1. The van der Waals surface area contributed by atoms with Crippen LogP contribution in [-0.2, 0) is 16.0 Å². The highest BCUT2D eigenvalue weighted by Crippen LogP contribution is 2.30. The van der Waals surface area contributed by atoms with Crippen molar-refractivity contribution in [3.8, 4) is 0 Å². The van der Waals surface area contributed by atoms with Gasteiger partial charge in [-0.2, -0.15) is 0 Å². The minimum atomic E-state index is -0.337. The third-order valence-corrected chi connectivity index (χ3v) is 4.38. The molecule has 0 radical (unpaired) electrons. The zero-order chi connectivity index (χ0) is 14.1. The van der Waals surface area contributed by atoms with Gasteiger partial charge in [-0.25, -0.2) is 0 Å². The number of pyridine rings is 1.